The van der Waals surface area contributed by atoms with Gasteiger partial charge in [0.05, 0.1) is 0 Å². The van der Waals surface area contributed by atoms with E-state index in [1.54, 1.807) is 18.2 Å². The molecule has 0 fully saturated rings. The van der Waals surface area contributed by atoms with Crippen molar-refractivity contribution in [1.82, 2.24) is 9.46 Å². The van der Waals surface area contributed by atoms with Crippen LogP contribution in [0.25, 0.3) is 0 Å². The molecule has 0 saturated heterocycles. The Morgan fingerprint density at radius 1 is 1.32 bits per heavy atom. The molecule has 0 aliphatic rings. The van der Waals surface area contributed by atoms with Crippen LogP contribution >= 0.6 is 15.9 Å². The maximum absolute atomic E-state index is 12.8. The zero-order chi connectivity index (χ0) is 14.6. The molecule has 7 heteroatoms. The lowest BCUT2D eigenvalue weighted by molar-refractivity contribution is 0.316. The molecule has 1 aromatic heterocycles. The van der Waals surface area contributed by atoms with Crippen LogP contribution in [0.2, 0.25) is 0 Å². The van der Waals surface area contributed by atoms with E-state index < -0.39 is 10.0 Å². The first kappa shape index (κ1) is 16.7. The third-order valence-electron chi connectivity index (χ3n) is 3.19. The van der Waals surface area contributed by atoms with Gasteiger partial charge in [0.25, 0.3) is 0 Å². The topological polar surface area (TPSA) is 63.4 Å². The first-order chi connectivity index (χ1) is 8.89. The highest BCUT2D eigenvalue weighted by atomic mass is 79.9. The van der Waals surface area contributed by atoms with Gasteiger partial charge in [0.2, 0.25) is 10.0 Å². The molecular weight excluding hydrogens is 332 g/mol. The van der Waals surface area contributed by atoms with Gasteiger partial charge in [-0.05, 0) is 26.7 Å². The van der Waals surface area contributed by atoms with E-state index in [0.717, 1.165) is 12.8 Å². The van der Waals surface area contributed by atoms with E-state index in [-0.39, 0.29) is 10.9 Å². The van der Waals surface area contributed by atoms with Crippen molar-refractivity contribution in [2.75, 3.05) is 11.9 Å². The number of aromatic nitrogens is 1. The molecule has 0 bridgehead atoms. The van der Waals surface area contributed by atoms with Crippen LogP contribution in [0.5, 0.6) is 0 Å². The van der Waals surface area contributed by atoms with Crippen molar-refractivity contribution >= 4 is 26.0 Å². The highest BCUT2D eigenvalue weighted by molar-refractivity contribution is 9.09. The van der Waals surface area contributed by atoms with Gasteiger partial charge in [-0.2, -0.15) is 4.31 Å². The fourth-order valence-electron chi connectivity index (χ4n) is 2.24. The number of alkyl halides is 1. The van der Waals surface area contributed by atoms with Gasteiger partial charge in [0, 0.05) is 17.9 Å². The zero-order valence-electron chi connectivity index (χ0n) is 11.8. The SMILES string of the molecule is CCC(CC)N(CCBr)S(=O)(=O)c1c(C)noc1C. The predicted molar refractivity (Wildman–Crippen MR) is 78.0 cm³/mol. The zero-order valence-corrected chi connectivity index (χ0v) is 14.2. The van der Waals surface area contributed by atoms with Crippen molar-refractivity contribution in [3.63, 3.8) is 0 Å². The molecule has 0 atom stereocenters. The van der Waals surface area contributed by atoms with Crippen molar-refractivity contribution in [2.45, 2.75) is 51.5 Å². The lowest BCUT2D eigenvalue weighted by atomic mass is 10.2. The minimum Gasteiger partial charge on any atom is -0.360 e. The van der Waals surface area contributed by atoms with Gasteiger partial charge in [-0.1, -0.05) is 34.9 Å². The van der Waals surface area contributed by atoms with E-state index in [4.69, 9.17) is 4.52 Å². The molecule has 0 radical (unpaired) electrons. The molecule has 0 unspecified atom stereocenters. The average Bonchev–Trinajstić information content (AvgIpc) is 2.69. The minimum atomic E-state index is -3.56. The molecule has 1 aromatic rings. The van der Waals surface area contributed by atoms with Gasteiger partial charge in [0.15, 0.2) is 5.76 Å². The minimum absolute atomic E-state index is 0.00347. The highest BCUT2D eigenvalue weighted by Gasteiger charge is 2.33. The molecule has 19 heavy (non-hydrogen) atoms. The van der Waals surface area contributed by atoms with Crippen LogP contribution in [0.15, 0.2) is 9.42 Å². The summed E-state index contributed by atoms with van der Waals surface area (Å²) in [6, 6.07) is -0.00347. The van der Waals surface area contributed by atoms with Gasteiger partial charge in [-0.15, -0.1) is 0 Å². The maximum Gasteiger partial charge on any atom is 0.248 e. The van der Waals surface area contributed by atoms with Crippen LogP contribution in [-0.4, -0.2) is 35.8 Å². The maximum atomic E-state index is 12.8. The van der Waals surface area contributed by atoms with Crippen molar-refractivity contribution < 1.29 is 12.9 Å². The Bertz CT molecular complexity index is 490. The second-order valence-corrected chi connectivity index (χ2v) is 7.05. The van der Waals surface area contributed by atoms with Crippen molar-refractivity contribution in [2.24, 2.45) is 0 Å². The molecule has 0 aliphatic carbocycles. The number of nitrogens with zero attached hydrogens (tertiary/aromatic N) is 2. The van der Waals surface area contributed by atoms with Gasteiger partial charge >= 0.3 is 0 Å². The Morgan fingerprint density at radius 3 is 2.26 bits per heavy atom. The van der Waals surface area contributed by atoms with E-state index in [1.165, 1.54) is 0 Å². The summed E-state index contributed by atoms with van der Waals surface area (Å²) in [4.78, 5) is 0.209. The summed E-state index contributed by atoms with van der Waals surface area (Å²) in [7, 11) is -3.56. The second kappa shape index (κ2) is 6.85. The standard InChI is InChI=1S/C12H21BrN2O3S/c1-5-11(6-2)15(8-7-13)19(16,17)12-9(3)14-18-10(12)4/h11H,5-8H2,1-4H3. The summed E-state index contributed by atoms with van der Waals surface area (Å²) >= 11 is 3.32. The fourth-order valence-corrected chi connectivity index (χ4v) is 4.92. The van der Waals surface area contributed by atoms with E-state index in [1.807, 2.05) is 13.8 Å². The lowest BCUT2D eigenvalue weighted by Gasteiger charge is -2.28. The first-order valence-electron chi connectivity index (χ1n) is 6.40. The number of hydrogen-bond acceptors (Lipinski definition) is 4. The highest BCUT2D eigenvalue weighted by Crippen LogP contribution is 2.26. The van der Waals surface area contributed by atoms with Crippen LogP contribution in [0, 0.1) is 13.8 Å². The monoisotopic (exact) mass is 352 g/mol. The van der Waals surface area contributed by atoms with Gasteiger partial charge in [0.1, 0.15) is 10.6 Å². The van der Waals surface area contributed by atoms with Crippen molar-refractivity contribution in [3.05, 3.63) is 11.5 Å². The second-order valence-electron chi connectivity index (χ2n) is 4.43. The van der Waals surface area contributed by atoms with Gasteiger partial charge in [-0.3, -0.25) is 0 Å². The normalized spacial score (nSPS) is 12.6. The van der Waals surface area contributed by atoms with Crippen molar-refractivity contribution in [1.29, 1.82) is 0 Å². The lowest BCUT2D eigenvalue weighted by Crippen LogP contribution is -2.41. The van der Waals surface area contributed by atoms with Crippen LogP contribution in [0.1, 0.15) is 38.1 Å². The number of aryl methyl sites for hydroxylation is 2. The molecule has 1 rings (SSSR count). The van der Waals surface area contributed by atoms with Crippen molar-refractivity contribution in [3.8, 4) is 0 Å². The van der Waals surface area contributed by atoms with E-state index >= 15 is 0 Å². The molecule has 0 aromatic carbocycles. The molecule has 5 nitrogen and oxygen atoms in total. The Balaban J connectivity index is 3.28. The molecular formula is C12H21BrN2O3S. The number of hydrogen-bond donors (Lipinski definition) is 0. The van der Waals surface area contributed by atoms with Crippen LogP contribution in [0.4, 0.5) is 0 Å². The molecule has 0 N–H and O–H groups in total. The molecule has 0 amide bonds. The van der Waals surface area contributed by atoms with E-state index in [2.05, 4.69) is 21.1 Å². The summed E-state index contributed by atoms with van der Waals surface area (Å²) in [5, 5.41) is 4.35. The molecule has 0 saturated carbocycles. The molecule has 1 heterocycles. The molecule has 0 aliphatic heterocycles. The number of halogens is 1. The number of sulfonamides is 1. The summed E-state index contributed by atoms with van der Waals surface area (Å²) in [6.07, 6.45) is 1.57. The summed E-state index contributed by atoms with van der Waals surface area (Å²) in [5.74, 6) is 0.350. The Morgan fingerprint density at radius 2 is 1.89 bits per heavy atom. The Hall–Kier alpha value is -0.400. The summed E-state index contributed by atoms with van der Waals surface area (Å²) in [6.45, 7) is 7.73. The number of rotatable bonds is 7. The third-order valence-corrected chi connectivity index (χ3v) is 5.74. The average molecular weight is 353 g/mol. The first-order valence-corrected chi connectivity index (χ1v) is 8.96. The van der Waals surface area contributed by atoms with Crippen LogP contribution in [0.3, 0.4) is 0 Å². The van der Waals surface area contributed by atoms with Gasteiger partial charge in [-0.25, -0.2) is 8.42 Å². The smallest absolute Gasteiger partial charge is 0.248 e. The summed E-state index contributed by atoms with van der Waals surface area (Å²) in [5.41, 5.74) is 0.419. The van der Waals surface area contributed by atoms with E-state index in [0.29, 0.717) is 23.3 Å². The largest absolute Gasteiger partial charge is 0.360 e. The molecule has 110 valence electrons. The Kier molecular flexibility index (Phi) is 6.01. The Labute approximate surface area is 123 Å². The molecule has 0 spiro atoms. The third kappa shape index (κ3) is 3.38. The summed E-state index contributed by atoms with van der Waals surface area (Å²) < 4.78 is 32.1. The van der Waals surface area contributed by atoms with Crippen LogP contribution in [-0.2, 0) is 10.0 Å². The van der Waals surface area contributed by atoms with Crippen LogP contribution < -0.4 is 0 Å². The quantitative estimate of drug-likeness (QED) is 0.707. The fraction of sp³-hybridized carbons (Fsp3) is 0.750. The predicted octanol–water partition coefficient (Wildman–Crippen LogP) is 2.87. The van der Waals surface area contributed by atoms with E-state index in [9.17, 15) is 8.42 Å². The van der Waals surface area contributed by atoms with Gasteiger partial charge < -0.3 is 4.52 Å².